The summed E-state index contributed by atoms with van der Waals surface area (Å²) in [7, 11) is 0. The van der Waals surface area contributed by atoms with Gasteiger partial charge in [-0.05, 0) is 78.2 Å². The number of carbonyl (C=O) groups excluding carboxylic acids is 1. The average molecular weight is 475 g/mol. The highest BCUT2D eigenvalue weighted by atomic mass is 19.1. The van der Waals surface area contributed by atoms with Crippen LogP contribution in [0.5, 0.6) is 0 Å². The van der Waals surface area contributed by atoms with Crippen LogP contribution in [0.2, 0.25) is 0 Å². The zero-order valence-corrected chi connectivity index (χ0v) is 20.3. The maximum absolute atomic E-state index is 14.5. The second-order valence-corrected chi connectivity index (χ2v) is 10.3. The first-order valence-electron chi connectivity index (χ1n) is 12.1. The number of nitrogens with one attached hydrogen (secondary N) is 4. The Bertz CT molecular complexity index is 1270. The molecule has 8 heteroatoms. The second kappa shape index (κ2) is 9.26. The number of rotatable bonds is 6. The molecule has 1 aliphatic carbocycles. The van der Waals surface area contributed by atoms with Crippen molar-refractivity contribution in [3.8, 4) is 0 Å². The normalized spacial score (nSPS) is 15.3. The highest BCUT2D eigenvalue weighted by Gasteiger charge is 2.26. The van der Waals surface area contributed by atoms with Gasteiger partial charge in [-0.3, -0.25) is 4.79 Å². The number of nitrogens with zero attached hydrogens (tertiary/aromatic N) is 2. The summed E-state index contributed by atoms with van der Waals surface area (Å²) in [4.78, 5) is 21.9. The van der Waals surface area contributed by atoms with Crippen molar-refractivity contribution in [2.24, 2.45) is 0 Å². The van der Waals surface area contributed by atoms with Crippen LogP contribution in [0.15, 0.2) is 42.6 Å². The van der Waals surface area contributed by atoms with Gasteiger partial charge >= 0.3 is 0 Å². The number of benzene rings is 2. The fourth-order valence-corrected chi connectivity index (χ4v) is 4.19. The number of anilines is 4. The van der Waals surface area contributed by atoms with Gasteiger partial charge < -0.3 is 21.3 Å². The molecule has 2 heterocycles. The van der Waals surface area contributed by atoms with Crippen molar-refractivity contribution in [2.45, 2.75) is 58.0 Å². The summed E-state index contributed by atoms with van der Waals surface area (Å²) in [5.41, 5.74) is 4.71. The van der Waals surface area contributed by atoms with Crippen LogP contribution in [0.1, 0.15) is 60.7 Å². The Balaban J connectivity index is 1.45. The maximum Gasteiger partial charge on any atom is 0.256 e. The fraction of sp³-hybridized carbons (Fsp3) is 0.370. The first-order valence-corrected chi connectivity index (χ1v) is 12.1. The molecule has 1 aliphatic heterocycles. The van der Waals surface area contributed by atoms with Crippen molar-refractivity contribution < 1.29 is 9.18 Å². The number of halogens is 1. The Morgan fingerprint density at radius 3 is 2.60 bits per heavy atom. The van der Waals surface area contributed by atoms with Gasteiger partial charge in [-0.2, -0.15) is 4.98 Å². The average Bonchev–Trinajstić information content (AvgIpc) is 3.63. The second-order valence-electron chi connectivity index (χ2n) is 10.3. The van der Waals surface area contributed by atoms with Gasteiger partial charge in [0.1, 0.15) is 17.2 Å². The molecule has 5 rings (SSSR count). The smallest absolute Gasteiger partial charge is 0.256 e. The molecule has 0 atom stereocenters. The zero-order valence-electron chi connectivity index (χ0n) is 20.3. The van der Waals surface area contributed by atoms with Gasteiger partial charge in [0.2, 0.25) is 5.95 Å². The largest absolute Gasteiger partial charge is 0.349 e. The predicted molar refractivity (Wildman–Crippen MR) is 136 cm³/mol. The van der Waals surface area contributed by atoms with Crippen LogP contribution in [0.4, 0.5) is 27.5 Å². The van der Waals surface area contributed by atoms with E-state index in [0.29, 0.717) is 28.6 Å². The van der Waals surface area contributed by atoms with E-state index < -0.39 is 0 Å². The van der Waals surface area contributed by atoms with Crippen LogP contribution in [0, 0.1) is 5.82 Å². The maximum atomic E-state index is 14.5. The van der Waals surface area contributed by atoms with Gasteiger partial charge in [0.15, 0.2) is 0 Å². The number of aromatic nitrogens is 2. The quantitative estimate of drug-likeness (QED) is 0.405. The van der Waals surface area contributed by atoms with Crippen molar-refractivity contribution in [3.63, 3.8) is 0 Å². The summed E-state index contributed by atoms with van der Waals surface area (Å²) in [6.07, 6.45) is 4.47. The minimum absolute atomic E-state index is 0.205. The van der Waals surface area contributed by atoms with Gasteiger partial charge in [0.05, 0.1) is 0 Å². The first kappa shape index (κ1) is 23.2. The number of hydrogen-bond acceptors (Lipinski definition) is 6. The van der Waals surface area contributed by atoms with Gasteiger partial charge in [-0.15, -0.1) is 0 Å². The molecule has 0 unspecified atom stereocenters. The Labute approximate surface area is 205 Å². The van der Waals surface area contributed by atoms with Crippen molar-refractivity contribution in [1.29, 1.82) is 0 Å². The van der Waals surface area contributed by atoms with E-state index in [1.54, 1.807) is 12.1 Å². The Hall–Kier alpha value is -3.52. The van der Waals surface area contributed by atoms with Gasteiger partial charge in [-0.1, -0.05) is 26.8 Å². The molecule has 7 nitrogen and oxygen atoms in total. The van der Waals surface area contributed by atoms with Crippen LogP contribution in [0.25, 0.3) is 0 Å². The summed E-state index contributed by atoms with van der Waals surface area (Å²) in [6, 6.07) is 11.3. The van der Waals surface area contributed by atoms with Crippen LogP contribution in [-0.2, 0) is 18.4 Å². The molecule has 2 aliphatic rings. The van der Waals surface area contributed by atoms with E-state index in [1.807, 2.05) is 26.8 Å². The fourth-order valence-electron chi connectivity index (χ4n) is 4.19. The molecule has 4 N–H and O–H groups in total. The zero-order chi connectivity index (χ0) is 24.6. The minimum atomic E-state index is -0.367. The third-order valence-corrected chi connectivity index (χ3v) is 6.33. The minimum Gasteiger partial charge on any atom is -0.349 e. The van der Waals surface area contributed by atoms with Crippen molar-refractivity contribution >= 4 is 29.0 Å². The monoisotopic (exact) mass is 474 g/mol. The van der Waals surface area contributed by atoms with Crippen LogP contribution in [-0.4, -0.2) is 28.5 Å². The van der Waals surface area contributed by atoms with Crippen molar-refractivity contribution in [1.82, 2.24) is 20.6 Å². The van der Waals surface area contributed by atoms with E-state index in [4.69, 9.17) is 0 Å². The van der Waals surface area contributed by atoms with Gasteiger partial charge in [0.25, 0.3) is 5.91 Å². The van der Waals surface area contributed by atoms with Crippen LogP contribution < -0.4 is 21.3 Å². The highest BCUT2D eigenvalue weighted by molar-refractivity contribution is 5.99. The molecule has 0 spiro atoms. The first-order chi connectivity index (χ1) is 16.8. The third kappa shape index (κ3) is 5.43. The Morgan fingerprint density at radius 2 is 1.83 bits per heavy atom. The lowest BCUT2D eigenvalue weighted by atomic mass is 9.86. The lowest BCUT2D eigenvalue weighted by Gasteiger charge is -2.21. The molecule has 1 saturated carbocycles. The SMILES string of the molecule is CC(C)(C)c1cc(Nc2nc(Nc3ccc4c(c3)CCNC4)ncc2C(=O)NC2CC2)ccc1F. The van der Waals surface area contributed by atoms with Crippen LogP contribution >= 0.6 is 0 Å². The van der Waals surface area contributed by atoms with E-state index in [0.717, 1.165) is 38.0 Å². The number of amides is 1. The molecule has 35 heavy (non-hydrogen) atoms. The molecule has 0 bridgehead atoms. The third-order valence-electron chi connectivity index (χ3n) is 6.33. The molecular weight excluding hydrogens is 443 g/mol. The Morgan fingerprint density at radius 1 is 1.06 bits per heavy atom. The van der Waals surface area contributed by atoms with Gasteiger partial charge in [0, 0.05) is 30.2 Å². The molecule has 1 amide bonds. The molecular formula is C27H31FN6O. The molecule has 0 saturated heterocycles. The summed E-state index contributed by atoms with van der Waals surface area (Å²) in [5, 5.41) is 12.9. The van der Waals surface area contributed by atoms with Crippen molar-refractivity contribution in [3.05, 3.63) is 70.7 Å². The lowest BCUT2D eigenvalue weighted by Crippen LogP contribution is -2.26. The van der Waals surface area contributed by atoms with Gasteiger partial charge in [-0.25, -0.2) is 9.37 Å². The molecule has 1 aromatic heterocycles. The summed E-state index contributed by atoms with van der Waals surface area (Å²) in [5.74, 6) is 0.264. The van der Waals surface area contributed by atoms with Crippen LogP contribution in [0.3, 0.4) is 0 Å². The van der Waals surface area contributed by atoms with E-state index >= 15 is 0 Å². The number of carbonyl (C=O) groups is 1. The topological polar surface area (TPSA) is 91.0 Å². The molecule has 182 valence electrons. The number of hydrogen-bond donors (Lipinski definition) is 4. The van der Waals surface area contributed by atoms with Crippen molar-refractivity contribution in [2.75, 3.05) is 17.2 Å². The molecule has 2 aromatic carbocycles. The molecule has 1 fully saturated rings. The lowest BCUT2D eigenvalue weighted by molar-refractivity contribution is 0.0951. The van der Waals surface area contributed by atoms with E-state index in [-0.39, 0.29) is 23.2 Å². The summed E-state index contributed by atoms with van der Waals surface area (Å²) >= 11 is 0. The summed E-state index contributed by atoms with van der Waals surface area (Å²) < 4.78 is 14.5. The Kier molecular flexibility index (Phi) is 6.15. The predicted octanol–water partition coefficient (Wildman–Crippen LogP) is 4.94. The summed E-state index contributed by atoms with van der Waals surface area (Å²) in [6.45, 7) is 7.72. The number of fused-ring (bicyclic) bond motifs is 1. The standard InChI is InChI=1S/C27H31FN6O/c1-27(2,3)22-13-20(8-9-23(22)28)31-24-21(25(35)32-18-6-7-18)15-30-26(34-24)33-19-5-4-17-14-29-11-10-16(17)12-19/h4-5,8-9,12-13,15,18,29H,6-7,10-11,14H2,1-3H3,(H,32,35)(H2,30,31,33,34). The van der Waals surface area contributed by atoms with E-state index in [2.05, 4.69) is 43.4 Å². The molecule has 3 aromatic rings. The van der Waals surface area contributed by atoms with E-state index in [1.165, 1.54) is 23.4 Å². The molecule has 0 radical (unpaired) electrons. The highest BCUT2D eigenvalue weighted by Crippen LogP contribution is 2.30. The van der Waals surface area contributed by atoms with E-state index in [9.17, 15) is 9.18 Å².